The Morgan fingerprint density at radius 2 is 2.06 bits per heavy atom. The number of aliphatic imine (C=N–C) groups is 1. The molecule has 2 aromatic rings. The second-order valence-corrected chi connectivity index (χ2v) is 8.27. The molecule has 160 valence electrons. The molecular formula is C25H26N2O4. The van der Waals surface area contributed by atoms with Gasteiger partial charge in [-0.05, 0) is 41.8 Å². The zero-order chi connectivity index (χ0) is 21.4. The fourth-order valence-electron chi connectivity index (χ4n) is 4.56. The number of fused-ring (bicyclic) bond motifs is 4. The van der Waals surface area contributed by atoms with Crippen LogP contribution in [0, 0.1) is 5.92 Å². The number of benzene rings is 2. The molecule has 1 amide bonds. The number of rotatable bonds is 6. The van der Waals surface area contributed by atoms with Gasteiger partial charge in [-0.3, -0.25) is 9.79 Å². The SMILES string of the molecule is COCCOc1ccc2c(c1)C1(CO2)C(=O)N(CC2=NCC(C)C=C2)c2ccccc21. The monoisotopic (exact) mass is 418 g/mol. The minimum absolute atomic E-state index is 0.0243. The molecule has 0 bridgehead atoms. The maximum atomic E-state index is 14.0. The van der Waals surface area contributed by atoms with E-state index < -0.39 is 5.41 Å². The summed E-state index contributed by atoms with van der Waals surface area (Å²) in [5.74, 6) is 1.89. The molecule has 1 spiro atoms. The molecule has 3 aliphatic rings. The van der Waals surface area contributed by atoms with E-state index in [0.717, 1.165) is 34.8 Å². The molecule has 2 aromatic carbocycles. The molecule has 3 aliphatic heterocycles. The molecule has 0 aromatic heterocycles. The molecule has 3 heterocycles. The number of para-hydroxylation sites is 1. The number of carbonyl (C=O) groups excluding carboxylic acids is 1. The van der Waals surface area contributed by atoms with Gasteiger partial charge in [-0.2, -0.15) is 0 Å². The van der Waals surface area contributed by atoms with Crippen molar-refractivity contribution in [3.8, 4) is 11.5 Å². The van der Waals surface area contributed by atoms with E-state index >= 15 is 0 Å². The summed E-state index contributed by atoms with van der Waals surface area (Å²) in [6.45, 7) is 4.60. The van der Waals surface area contributed by atoms with Gasteiger partial charge in [0.05, 0.1) is 18.9 Å². The molecule has 2 atom stereocenters. The summed E-state index contributed by atoms with van der Waals surface area (Å²) >= 11 is 0. The number of methoxy groups -OCH3 is 1. The van der Waals surface area contributed by atoms with Crippen molar-refractivity contribution in [3.05, 3.63) is 65.7 Å². The lowest BCUT2D eigenvalue weighted by Crippen LogP contribution is -2.44. The minimum Gasteiger partial charge on any atom is -0.491 e. The third-order valence-electron chi connectivity index (χ3n) is 6.20. The van der Waals surface area contributed by atoms with Crippen LogP contribution in [0.1, 0.15) is 18.1 Å². The van der Waals surface area contributed by atoms with E-state index in [4.69, 9.17) is 14.2 Å². The van der Waals surface area contributed by atoms with Gasteiger partial charge in [0.1, 0.15) is 30.1 Å². The summed E-state index contributed by atoms with van der Waals surface area (Å²) in [4.78, 5) is 20.5. The maximum absolute atomic E-state index is 14.0. The fraction of sp³-hybridized carbons (Fsp3) is 0.360. The maximum Gasteiger partial charge on any atom is 0.246 e. The molecular weight excluding hydrogens is 392 g/mol. The van der Waals surface area contributed by atoms with Crippen LogP contribution in [0.15, 0.2) is 59.6 Å². The van der Waals surface area contributed by atoms with Crippen LogP contribution >= 0.6 is 0 Å². The van der Waals surface area contributed by atoms with Gasteiger partial charge in [0.25, 0.3) is 0 Å². The summed E-state index contributed by atoms with van der Waals surface area (Å²) in [5, 5.41) is 0. The van der Waals surface area contributed by atoms with E-state index in [9.17, 15) is 4.79 Å². The Morgan fingerprint density at radius 1 is 1.19 bits per heavy atom. The van der Waals surface area contributed by atoms with Crippen molar-refractivity contribution in [1.82, 2.24) is 0 Å². The zero-order valence-corrected chi connectivity index (χ0v) is 17.8. The lowest BCUT2D eigenvalue weighted by Gasteiger charge is -2.24. The molecule has 6 nitrogen and oxygen atoms in total. The Bertz CT molecular complexity index is 1080. The van der Waals surface area contributed by atoms with Crippen molar-refractivity contribution in [1.29, 1.82) is 0 Å². The molecule has 0 fully saturated rings. The van der Waals surface area contributed by atoms with E-state index in [1.54, 1.807) is 7.11 Å². The van der Waals surface area contributed by atoms with Gasteiger partial charge in [-0.15, -0.1) is 0 Å². The Morgan fingerprint density at radius 3 is 2.87 bits per heavy atom. The normalized spacial score (nSPS) is 23.5. The Balaban J connectivity index is 1.53. The molecule has 0 aliphatic carbocycles. The van der Waals surface area contributed by atoms with Gasteiger partial charge >= 0.3 is 0 Å². The highest BCUT2D eigenvalue weighted by atomic mass is 16.5. The standard InChI is InChI=1S/C25H26N2O4/c1-17-7-8-18(26-14-17)15-27-22-6-4-3-5-20(22)25(24(27)28)16-31-23-10-9-19(13-21(23)25)30-12-11-29-2/h3-10,13,17H,11-12,14-16H2,1-2H3. The first-order valence-corrected chi connectivity index (χ1v) is 10.7. The van der Waals surface area contributed by atoms with Crippen LogP contribution < -0.4 is 14.4 Å². The number of dihydropyridines is 1. The van der Waals surface area contributed by atoms with Gasteiger partial charge in [-0.1, -0.05) is 31.2 Å². The number of nitrogens with zero attached hydrogens (tertiary/aromatic N) is 2. The largest absolute Gasteiger partial charge is 0.491 e. The zero-order valence-electron chi connectivity index (χ0n) is 17.8. The van der Waals surface area contributed by atoms with E-state index in [-0.39, 0.29) is 12.5 Å². The van der Waals surface area contributed by atoms with Crippen LogP contribution in [0.25, 0.3) is 0 Å². The second kappa shape index (κ2) is 7.85. The molecule has 0 N–H and O–H groups in total. The lowest BCUT2D eigenvalue weighted by molar-refractivity contribution is -0.121. The average molecular weight is 418 g/mol. The lowest BCUT2D eigenvalue weighted by atomic mass is 9.77. The summed E-state index contributed by atoms with van der Waals surface area (Å²) in [6.07, 6.45) is 4.19. The van der Waals surface area contributed by atoms with E-state index in [2.05, 4.69) is 18.0 Å². The van der Waals surface area contributed by atoms with Crippen molar-refractivity contribution in [2.75, 3.05) is 44.9 Å². The molecule has 6 heteroatoms. The van der Waals surface area contributed by atoms with E-state index in [1.165, 1.54) is 0 Å². The summed E-state index contributed by atoms with van der Waals surface area (Å²) in [7, 11) is 1.64. The van der Waals surface area contributed by atoms with Crippen LogP contribution in [-0.4, -0.2) is 51.6 Å². The number of ether oxygens (including phenoxy) is 3. The first-order chi connectivity index (χ1) is 15.1. The van der Waals surface area contributed by atoms with Crippen molar-refractivity contribution < 1.29 is 19.0 Å². The van der Waals surface area contributed by atoms with Crippen molar-refractivity contribution in [2.24, 2.45) is 10.9 Å². The highest BCUT2D eigenvalue weighted by Crippen LogP contribution is 2.52. The van der Waals surface area contributed by atoms with E-state index in [0.29, 0.717) is 31.4 Å². The number of hydrogen-bond acceptors (Lipinski definition) is 5. The Labute approximate surface area is 182 Å². The quantitative estimate of drug-likeness (QED) is 0.675. The first-order valence-electron chi connectivity index (χ1n) is 10.7. The molecule has 0 saturated heterocycles. The average Bonchev–Trinajstić information content (AvgIpc) is 3.28. The van der Waals surface area contributed by atoms with Gasteiger partial charge in [0.15, 0.2) is 0 Å². The summed E-state index contributed by atoms with van der Waals surface area (Å²) < 4.78 is 16.9. The van der Waals surface area contributed by atoms with Gasteiger partial charge < -0.3 is 19.1 Å². The molecule has 0 saturated carbocycles. The topological polar surface area (TPSA) is 60.4 Å². The van der Waals surface area contributed by atoms with Gasteiger partial charge in [0.2, 0.25) is 5.91 Å². The predicted octanol–water partition coefficient (Wildman–Crippen LogP) is 3.38. The second-order valence-electron chi connectivity index (χ2n) is 8.27. The minimum atomic E-state index is -0.862. The van der Waals surface area contributed by atoms with Crippen molar-refractivity contribution in [3.63, 3.8) is 0 Å². The van der Waals surface area contributed by atoms with Crippen molar-refractivity contribution in [2.45, 2.75) is 12.3 Å². The van der Waals surface area contributed by atoms with E-state index in [1.807, 2.05) is 53.4 Å². The predicted molar refractivity (Wildman–Crippen MR) is 119 cm³/mol. The van der Waals surface area contributed by atoms with Crippen LogP contribution in [0.5, 0.6) is 11.5 Å². The van der Waals surface area contributed by atoms with Crippen LogP contribution in [0.4, 0.5) is 5.69 Å². The smallest absolute Gasteiger partial charge is 0.246 e. The van der Waals surface area contributed by atoms with Crippen molar-refractivity contribution >= 4 is 17.3 Å². The molecule has 5 rings (SSSR count). The number of anilines is 1. The number of hydrogen-bond donors (Lipinski definition) is 0. The summed E-state index contributed by atoms with van der Waals surface area (Å²) in [6, 6.07) is 13.7. The first kappa shape index (κ1) is 19.8. The van der Waals surface area contributed by atoms with Crippen LogP contribution in [-0.2, 0) is 14.9 Å². The Kier molecular flexibility index (Phi) is 5.02. The third-order valence-corrected chi connectivity index (χ3v) is 6.20. The summed E-state index contributed by atoms with van der Waals surface area (Å²) in [5.41, 5.74) is 2.82. The fourth-order valence-corrected chi connectivity index (χ4v) is 4.56. The number of amides is 1. The highest BCUT2D eigenvalue weighted by molar-refractivity contribution is 6.15. The van der Waals surface area contributed by atoms with Crippen LogP contribution in [0.2, 0.25) is 0 Å². The Hall–Kier alpha value is -3.12. The molecule has 2 unspecified atom stereocenters. The van der Waals surface area contributed by atoms with Gasteiger partial charge in [0, 0.05) is 24.9 Å². The number of carbonyl (C=O) groups is 1. The third kappa shape index (κ3) is 3.22. The van der Waals surface area contributed by atoms with Gasteiger partial charge in [-0.25, -0.2) is 0 Å². The highest BCUT2D eigenvalue weighted by Gasteiger charge is 2.57. The molecule has 31 heavy (non-hydrogen) atoms. The molecule has 0 radical (unpaired) electrons. The van der Waals surface area contributed by atoms with Crippen LogP contribution in [0.3, 0.4) is 0 Å².